The van der Waals surface area contributed by atoms with Gasteiger partial charge < -0.3 is 10.8 Å². The molecule has 0 aromatic heterocycles. The maximum atomic E-state index is 10.2. The van der Waals surface area contributed by atoms with Crippen LogP contribution in [0.25, 0.3) is 0 Å². The monoisotopic (exact) mass is 163 g/mol. The van der Waals surface area contributed by atoms with E-state index in [9.17, 15) is 4.79 Å². The van der Waals surface area contributed by atoms with Gasteiger partial charge in [0, 0.05) is 11.6 Å². The zero-order valence-electron chi connectivity index (χ0n) is 5.41. The molecule has 0 saturated heterocycles. The predicted octanol–water partition coefficient (Wildman–Crippen LogP) is 0.540. The lowest BCUT2D eigenvalue weighted by molar-refractivity contribution is -0.132. The van der Waals surface area contributed by atoms with Gasteiger partial charge in [0.2, 0.25) is 0 Å². The first-order valence-electron chi connectivity index (χ1n) is 2.88. The van der Waals surface area contributed by atoms with Crippen LogP contribution in [0.3, 0.4) is 0 Å². The fourth-order valence-corrected chi connectivity index (χ4v) is 0.917. The molecule has 10 heavy (non-hydrogen) atoms. The molecule has 0 heterocycles. The molecule has 4 heteroatoms. The third kappa shape index (κ3) is 2.01. The van der Waals surface area contributed by atoms with Gasteiger partial charge in [-0.05, 0) is 12.8 Å². The average Bonchev–Trinajstić information content (AvgIpc) is 2.14. The summed E-state index contributed by atoms with van der Waals surface area (Å²) in [5, 5.41) is 8.41. The van der Waals surface area contributed by atoms with E-state index in [-0.39, 0.29) is 18.4 Å². The van der Waals surface area contributed by atoms with Crippen LogP contribution in [0.2, 0.25) is 0 Å². The van der Waals surface area contributed by atoms with Crippen LogP contribution in [0, 0.1) is 0 Å². The summed E-state index contributed by atoms with van der Waals surface area (Å²) < 4.78 is 0. The van der Waals surface area contributed by atoms with Crippen molar-refractivity contribution in [2.75, 3.05) is 0 Å². The molecule has 0 bridgehead atoms. The summed E-state index contributed by atoms with van der Waals surface area (Å²) in [7, 11) is 0. The van der Waals surface area contributed by atoms with E-state index in [2.05, 4.69) is 0 Å². The van der Waals surface area contributed by atoms with Crippen molar-refractivity contribution in [2.45, 2.75) is 18.9 Å². The van der Waals surface area contributed by atoms with Gasteiger partial charge in [-0.15, -0.1) is 12.4 Å². The minimum Gasteiger partial charge on any atom is -0.478 e. The van der Waals surface area contributed by atoms with Gasteiger partial charge in [0.1, 0.15) is 0 Å². The number of aliphatic carboxylic acids is 1. The van der Waals surface area contributed by atoms with Crippen LogP contribution in [0.1, 0.15) is 12.8 Å². The van der Waals surface area contributed by atoms with Crippen molar-refractivity contribution in [3.05, 3.63) is 11.6 Å². The Morgan fingerprint density at radius 3 is 2.60 bits per heavy atom. The standard InChI is InChI=1S/C6H9NO2.ClH/c7-5-2-1-4(3-5)6(8)9;/h1,5H,2-3,7H2,(H,8,9);1H. The molecule has 0 saturated carbocycles. The second kappa shape index (κ2) is 3.58. The first-order chi connectivity index (χ1) is 4.20. The molecule has 1 atom stereocenters. The normalized spacial score (nSPS) is 23.3. The van der Waals surface area contributed by atoms with Crippen molar-refractivity contribution in [3.8, 4) is 0 Å². The summed E-state index contributed by atoms with van der Waals surface area (Å²) in [6.45, 7) is 0. The molecule has 1 aliphatic carbocycles. The number of rotatable bonds is 1. The zero-order chi connectivity index (χ0) is 6.85. The van der Waals surface area contributed by atoms with Crippen LogP contribution in [0.15, 0.2) is 11.6 Å². The minimum absolute atomic E-state index is 0. The minimum atomic E-state index is -0.831. The average molecular weight is 164 g/mol. The molecule has 0 aromatic carbocycles. The Morgan fingerprint density at radius 2 is 2.40 bits per heavy atom. The molecule has 3 N–H and O–H groups in total. The summed E-state index contributed by atoms with van der Waals surface area (Å²) in [6, 6.07) is 0.0381. The summed E-state index contributed by atoms with van der Waals surface area (Å²) >= 11 is 0. The van der Waals surface area contributed by atoms with E-state index in [1.807, 2.05) is 0 Å². The largest absolute Gasteiger partial charge is 0.478 e. The molecule has 0 aromatic rings. The molecular formula is C6H10ClNO2. The topological polar surface area (TPSA) is 63.3 Å². The number of carboxylic acids is 1. The van der Waals surface area contributed by atoms with Crippen molar-refractivity contribution in [2.24, 2.45) is 5.73 Å². The van der Waals surface area contributed by atoms with Crippen LogP contribution in [0.5, 0.6) is 0 Å². The third-order valence-electron chi connectivity index (χ3n) is 1.42. The highest BCUT2D eigenvalue weighted by Gasteiger charge is 2.17. The molecule has 0 aliphatic heterocycles. The zero-order valence-corrected chi connectivity index (χ0v) is 6.23. The molecule has 3 nitrogen and oxygen atoms in total. The van der Waals surface area contributed by atoms with Crippen molar-refractivity contribution in [3.63, 3.8) is 0 Å². The van der Waals surface area contributed by atoms with Gasteiger partial charge in [0.15, 0.2) is 0 Å². The Kier molecular flexibility index (Phi) is 3.39. The molecule has 0 spiro atoms. The summed E-state index contributed by atoms with van der Waals surface area (Å²) in [4.78, 5) is 10.2. The van der Waals surface area contributed by atoms with Gasteiger partial charge in [-0.2, -0.15) is 0 Å². The highest BCUT2D eigenvalue weighted by Crippen LogP contribution is 2.16. The fourth-order valence-electron chi connectivity index (χ4n) is 0.917. The summed E-state index contributed by atoms with van der Waals surface area (Å²) in [5.74, 6) is -0.831. The summed E-state index contributed by atoms with van der Waals surface area (Å²) in [5.41, 5.74) is 5.91. The highest BCUT2D eigenvalue weighted by atomic mass is 35.5. The molecule has 1 aliphatic rings. The lowest BCUT2D eigenvalue weighted by Gasteiger charge is -1.97. The Bertz CT molecular complexity index is 167. The summed E-state index contributed by atoms with van der Waals surface area (Å²) in [6.07, 6.45) is 2.92. The Hall–Kier alpha value is -0.540. The Labute approximate surface area is 65.3 Å². The van der Waals surface area contributed by atoms with Crippen molar-refractivity contribution >= 4 is 18.4 Å². The molecule has 0 radical (unpaired) electrons. The maximum Gasteiger partial charge on any atom is 0.331 e. The number of hydrogen-bond donors (Lipinski definition) is 2. The molecular weight excluding hydrogens is 154 g/mol. The van der Waals surface area contributed by atoms with E-state index in [1.165, 1.54) is 0 Å². The lowest BCUT2D eigenvalue weighted by Crippen LogP contribution is -2.16. The molecule has 58 valence electrons. The van der Waals surface area contributed by atoms with Gasteiger partial charge in [0.25, 0.3) is 0 Å². The van der Waals surface area contributed by atoms with E-state index in [0.717, 1.165) is 0 Å². The number of halogens is 1. The molecule has 0 amide bonds. The van der Waals surface area contributed by atoms with Crippen molar-refractivity contribution in [1.29, 1.82) is 0 Å². The van der Waals surface area contributed by atoms with E-state index >= 15 is 0 Å². The fraction of sp³-hybridized carbons (Fsp3) is 0.500. The second-order valence-corrected chi connectivity index (χ2v) is 2.23. The number of hydrogen-bond acceptors (Lipinski definition) is 2. The third-order valence-corrected chi connectivity index (χ3v) is 1.42. The van der Waals surface area contributed by atoms with Crippen LogP contribution < -0.4 is 5.73 Å². The predicted molar refractivity (Wildman–Crippen MR) is 40.2 cm³/mol. The Balaban J connectivity index is 0.000000810. The molecule has 0 fully saturated rings. The number of carbonyl (C=O) groups is 1. The molecule has 1 unspecified atom stereocenters. The van der Waals surface area contributed by atoms with Crippen molar-refractivity contribution in [1.82, 2.24) is 0 Å². The van der Waals surface area contributed by atoms with Gasteiger partial charge in [0.05, 0.1) is 0 Å². The van der Waals surface area contributed by atoms with Crippen LogP contribution in [-0.4, -0.2) is 17.1 Å². The maximum absolute atomic E-state index is 10.2. The van der Waals surface area contributed by atoms with Gasteiger partial charge >= 0.3 is 5.97 Å². The number of carboxylic acid groups (broad SMARTS) is 1. The SMILES string of the molecule is Cl.NC1CC=C(C(=O)O)C1. The lowest BCUT2D eigenvalue weighted by atomic mass is 10.2. The van der Waals surface area contributed by atoms with Crippen LogP contribution in [0.4, 0.5) is 0 Å². The quantitative estimate of drug-likeness (QED) is 0.593. The van der Waals surface area contributed by atoms with E-state index in [1.54, 1.807) is 6.08 Å². The van der Waals surface area contributed by atoms with Crippen LogP contribution >= 0.6 is 12.4 Å². The Morgan fingerprint density at radius 1 is 1.80 bits per heavy atom. The van der Waals surface area contributed by atoms with E-state index in [4.69, 9.17) is 10.8 Å². The van der Waals surface area contributed by atoms with Gasteiger partial charge in [-0.25, -0.2) is 4.79 Å². The van der Waals surface area contributed by atoms with Gasteiger partial charge in [-0.3, -0.25) is 0 Å². The van der Waals surface area contributed by atoms with Crippen molar-refractivity contribution < 1.29 is 9.90 Å². The molecule has 1 rings (SSSR count). The smallest absolute Gasteiger partial charge is 0.331 e. The van der Waals surface area contributed by atoms with E-state index < -0.39 is 5.97 Å². The number of nitrogens with two attached hydrogens (primary N) is 1. The second-order valence-electron chi connectivity index (χ2n) is 2.23. The van der Waals surface area contributed by atoms with E-state index in [0.29, 0.717) is 18.4 Å². The van der Waals surface area contributed by atoms with Crippen LogP contribution in [-0.2, 0) is 4.79 Å². The highest BCUT2D eigenvalue weighted by molar-refractivity contribution is 5.87. The first-order valence-corrected chi connectivity index (χ1v) is 2.88. The first kappa shape index (κ1) is 9.46. The van der Waals surface area contributed by atoms with Gasteiger partial charge in [-0.1, -0.05) is 6.08 Å².